The number of benzene rings is 1. The highest BCUT2D eigenvalue weighted by Crippen LogP contribution is 2.25. The van der Waals surface area contributed by atoms with Gasteiger partial charge in [-0.2, -0.15) is 0 Å². The van der Waals surface area contributed by atoms with Gasteiger partial charge in [-0.1, -0.05) is 30.3 Å². The van der Waals surface area contributed by atoms with Gasteiger partial charge >= 0.3 is 0 Å². The summed E-state index contributed by atoms with van der Waals surface area (Å²) in [5.41, 5.74) is 2.34. The number of pyridine rings is 1. The maximum atomic E-state index is 12.2. The van der Waals surface area contributed by atoms with Crippen molar-refractivity contribution in [1.29, 1.82) is 0 Å². The third-order valence-electron chi connectivity index (χ3n) is 2.88. The van der Waals surface area contributed by atoms with Crippen LogP contribution in [0.15, 0.2) is 71.6 Å². The van der Waals surface area contributed by atoms with Gasteiger partial charge in [0.25, 0.3) is 5.91 Å². The summed E-state index contributed by atoms with van der Waals surface area (Å²) in [7, 11) is 0. The number of hydrogen-bond acceptors (Lipinski definition) is 3. The van der Waals surface area contributed by atoms with Gasteiger partial charge in [0.1, 0.15) is 0 Å². The summed E-state index contributed by atoms with van der Waals surface area (Å²) in [6.07, 6.45) is 4.75. The number of amides is 1. The van der Waals surface area contributed by atoms with Crippen LogP contribution >= 0.6 is 0 Å². The topological polar surface area (TPSA) is 55.1 Å². The molecule has 4 heteroatoms. The first-order chi connectivity index (χ1) is 9.84. The molecule has 4 nitrogen and oxygen atoms in total. The number of furan rings is 1. The lowest BCUT2D eigenvalue weighted by Gasteiger charge is -2.04. The molecule has 0 spiro atoms. The van der Waals surface area contributed by atoms with E-state index < -0.39 is 0 Å². The Kier molecular flexibility index (Phi) is 3.29. The molecule has 1 amide bonds. The van der Waals surface area contributed by atoms with Gasteiger partial charge in [0.15, 0.2) is 5.76 Å². The molecular formula is C16H12N2O2. The fourth-order valence-electron chi connectivity index (χ4n) is 1.95. The van der Waals surface area contributed by atoms with E-state index in [9.17, 15) is 4.79 Å². The Labute approximate surface area is 116 Å². The van der Waals surface area contributed by atoms with Crippen molar-refractivity contribution in [2.75, 3.05) is 5.32 Å². The number of aromatic nitrogens is 1. The Balaban J connectivity index is 1.88. The summed E-state index contributed by atoms with van der Waals surface area (Å²) in [6, 6.07) is 15.0. The second-order valence-corrected chi connectivity index (χ2v) is 4.23. The lowest BCUT2D eigenvalue weighted by Crippen LogP contribution is -2.12. The largest absolute Gasteiger partial charge is 0.459 e. The molecule has 1 aromatic carbocycles. The van der Waals surface area contributed by atoms with Crippen molar-refractivity contribution in [1.82, 2.24) is 4.98 Å². The Morgan fingerprint density at radius 3 is 2.65 bits per heavy atom. The molecule has 0 unspecified atom stereocenters. The van der Waals surface area contributed by atoms with Crippen LogP contribution in [-0.4, -0.2) is 10.9 Å². The van der Waals surface area contributed by atoms with Crippen LogP contribution in [0.1, 0.15) is 10.6 Å². The first-order valence-electron chi connectivity index (χ1n) is 6.19. The van der Waals surface area contributed by atoms with Gasteiger partial charge in [-0.05, 0) is 23.8 Å². The van der Waals surface area contributed by atoms with Crippen molar-refractivity contribution in [3.8, 4) is 11.1 Å². The fourth-order valence-corrected chi connectivity index (χ4v) is 1.95. The molecule has 2 heterocycles. The summed E-state index contributed by atoms with van der Waals surface area (Å²) in [6.45, 7) is 0. The minimum atomic E-state index is -0.290. The first kappa shape index (κ1) is 12.2. The monoisotopic (exact) mass is 264 g/mol. The average molecular weight is 264 g/mol. The highest BCUT2D eigenvalue weighted by atomic mass is 16.3. The van der Waals surface area contributed by atoms with Crippen LogP contribution in [0.25, 0.3) is 11.1 Å². The zero-order valence-electron chi connectivity index (χ0n) is 10.6. The number of carbonyl (C=O) groups is 1. The van der Waals surface area contributed by atoms with E-state index in [1.54, 1.807) is 30.6 Å². The molecule has 98 valence electrons. The predicted molar refractivity (Wildman–Crippen MR) is 76.3 cm³/mol. The van der Waals surface area contributed by atoms with Crippen LogP contribution in [0.5, 0.6) is 0 Å². The van der Waals surface area contributed by atoms with Gasteiger partial charge < -0.3 is 9.73 Å². The Morgan fingerprint density at radius 1 is 1.05 bits per heavy atom. The van der Waals surface area contributed by atoms with Crippen LogP contribution in [0.4, 0.5) is 5.69 Å². The molecule has 0 fully saturated rings. The van der Waals surface area contributed by atoms with Crippen LogP contribution in [0.3, 0.4) is 0 Å². The van der Waals surface area contributed by atoms with E-state index in [-0.39, 0.29) is 5.91 Å². The molecule has 0 saturated heterocycles. The van der Waals surface area contributed by atoms with Crippen LogP contribution in [-0.2, 0) is 0 Å². The number of hydrogen-bond donors (Lipinski definition) is 1. The summed E-state index contributed by atoms with van der Waals surface area (Å²) in [4.78, 5) is 16.2. The molecule has 0 aliphatic heterocycles. The van der Waals surface area contributed by atoms with Crippen LogP contribution < -0.4 is 5.32 Å². The lowest BCUT2D eigenvalue weighted by molar-refractivity contribution is 0.0997. The van der Waals surface area contributed by atoms with Gasteiger partial charge in [-0.25, -0.2) is 0 Å². The quantitative estimate of drug-likeness (QED) is 0.786. The molecule has 2 aromatic heterocycles. The SMILES string of the molecule is O=C(Nc1cccnc1)c1occc1-c1ccccc1. The van der Waals surface area contributed by atoms with Crippen molar-refractivity contribution >= 4 is 11.6 Å². The van der Waals surface area contributed by atoms with E-state index >= 15 is 0 Å². The van der Waals surface area contributed by atoms with Crippen LogP contribution in [0, 0.1) is 0 Å². The second kappa shape index (κ2) is 5.40. The molecule has 0 aliphatic carbocycles. The van der Waals surface area contributed by atoms with E-state index in [0.717, 1.165) is 11.1 Å². The van der Waals surface area contributed by atoms with E-state index in [1.165, 1.54) is 6.26 Å². The third kappa shape index (κ3) is 2.44. The van der Waals surface area contributed by atoms with Crippen molar-refractivity contribution in [2.24, 2.45) is 0 Å². The number of anilines is 1. The molecule has 0 saturated carbocycles. The van der Waals surface area contributed by atoms with Gasteiger partial charge in [0, 0.05) is 11.8 Å². The van der Waals surface area contributed by atoms with E-state index in [2.05, 4.69) is 10.3 Å². The summed E-state index contributed by atoms with van der Waals surface area (Å²) < 4.78 is 5.32. The van der Waals surface area contributed by atoms with Gasteiger partial charge in [-0.15, -0.1) is 0 Å². The number of carbonyl (C=O) groups excluding carboxylic acids is 1. The van der Waals surface area contributed by atoms with Crippen molar-refractivity contribution in [3.05, 3.63) is 72.9 Å². The maximum Gasteiger partial charge on any atom is 0.292 e. The summed E-state index contributed by atoms with van der Waals surface area (Å²) in [5, 5.41) is 2.76. The van der Waals surface area contributed by atoms with Crippen LogP contribution in [0.2, 0.25) is 0 Å². The smallest absolute Gasteiger partial charge is 0.292 e. The van der Waals surface area contributed by atoms with Gasteiger partial charge in [-0.3, -0.25) is 9.78 Å². The van der Waals surface area contributed by atoms with Gasteiger partial charge in [0.05, 0.1) is 18.1 Å². The van der Waals surface area contributed by atoms with Crippen molar-refractivity contribution in [2.45, 2.75) is 0 Å². The highest BCUT2D eigenvalue weighted by molar-refractivity contribution is 6.06. The van der Waals surface area contributed by atoms with Crippen molar-refractivity contribution in [3.63, 3.8) is 0 Å². The zero-order valence-corrected chi connectivity index (χ0v) is 10.6. The fraction of sp³-hybridized carbons (Fsp3) is 0. The molecular weight excluding hydrogens is 252 g/mol. The molecule has 0 radical (unpaired) electrons. The molecule has 3 rings (SSSR count). The minimum Gasteiger partial charge on any atom is -0.459 e. The Morgan fingerprint density at radius 2 is 1.90 bits per heavy atom. The van der Waals surface area contributed by atoms with Crippen molar-refractivity contribution < 1.29 is 9.21 Å². The Bertz CT molecular complexity index is 706. The summed E-state index contributed by atoms with van der Waals surface area (Å²) >= 11 is 0. The summed E-state index contributed by atoms with van der Waals surface area (Å²) in [5.74, 6) is 0.00176. The lowest BCUT2D eigenvalue weighted by atomic mass is 10.1. The Hall–Kier alpha value is -2.88. The maximum absolute atomic E-state index is 12.2. The molecule has 0 bridgehead atoms. The number of nitrogens with zero attached hydrogens (tertiary/aromatic N) is 1. The average Bonchev–Trinajstić information content (AvgIpc) is 2.99. The second-order valence-electron chi connectivity index (χ2n) is 4.23. The minimum absolute atomic E-state index is 0.290. The van der Waals surface area contributed by atoms with Gasteiger partial charge in [0.2, 0.25) is 0 Å². The third-order valence-corrected chi connectivity index (χ3v) is 2.88. The predicted octanol–water partition coefficient (Wildman–Crippen LogP) is 3.59. The standard InChI is InChI=1S/C16H12N2O2/c19-16(18-13-7-4-9-17-11-13)15-14(8-10-20-15)12-5-2-1-3-6-12/h1-11H,(H,18,19). The molecule has 3 aromatic rings. The first-order valence-corrected chi connectivity index (χ1v) is 6.19. The van der Waals surface area contributed by atoms with E-state index in [4.69, 9.17) is 4.42 Å². The normalized spacial score (nSPS) is 10.2. The number of nitrogens with one attached hydrogen (secondary N) is 1. The molecule has 20 heavy (non-hydrogen) atoms. The molecule has 0 atom stereocenters. The number of rotatable bonds is 3. The molecule has 0 aliphatic rings. The molecule has 1 N–H and O–H groups in total. The zero-order chi connectivity index (χ0) is 13.8. The van der Waals surface area contributed by atoms with E-state index in [0.29, 0.717) is 11.4 Å². The van der Waals surface area contributed by atoms with E-state index in [1.807, 2.05) is 30.3 Å². The highest BCUT2D eigenvalue weighted by Gasteiger charge is 2.16.